The fraction of sp³-hybridized carbons (Fsp3) is 0.667. The second-order valence-electron chi connectivity index (χ2n) is 7.44. The number of rotatable bonds is 7. The van der Waals surface area contributed by atoms with E-state index in [-0.39, 0.29) is 30.0 Å². The SMILES string of the molecule is CCNC(=NCC(c1ccccc1Cl)N1CCOCC1)N1CCC(COC)C1.I. The number of methoxy groups -OCH3 is 1. The van der Waals surface area contributed by atoms with E-state index in [1.807, 2.05) is 12.1 Å². The van der Waals surface area contributed by atoms with Gasteiger partial charge >= 0.3 is 0 Å². The van der Waals surface area contributed by atoms with E-state index in [1.54, 1.807) is 7.11 Å². The van der Waals surface area contributed by atoms with Gasteiger partial charge in [-0.2, -0.15) is 0 Å². The first-order chi connectivity index (χ1) is 13.7. The molecule has 2 fully saturated rings. The standard InChI is InChI=1S/C21H33ClN4O2.HI/c1-3-23-21(26-9-8-17(15-26)16-27-2)24-14-20(25-10-12-28-13-11-25)18-6-4-5-7-19(18)22;/h4-7,17,20H,3,8-16H2,1-2H3,(H,23,24);1H. The summed E-state index contributed by atoms with van der Waals surface area (Å²) in [4.78, 5) is 9.83. The third-order valence-corrected chi connectivity index (χ3v) is 5.83. The lowest BCUT2D eigenvalue weighted by Crippen LogP contribution is -2.43. The Morgan fingerprint density at radius 1 is 1.31 bits per heavy atom. The molecule has 6 nitrogen and oxygen atoms in total. The molecule has 2 aliphatic heterocycles. The average Bonchev–Trinajstić information content (AvgIpc) is 3.18. The van der Waals surface area contributed by atoms with Gasteiger partial charge < -0.3 is 19.7 Å². The van der Waals surface area contributed by atoms with E-state index in [4.69, 9.17) is 26.1 Å². The van der Waals surface area contributed by atoms with Crippen molar-refractivity contribution in [2.75, 3.05) is 66.2 Å². The monoisotopic (exact) mass is 536 g/mol. The minimum atomic E-state index is 0. The molecule has 2 heterocycles. The Balaban J connectivity index is 0.00000300. The number of nitrogens with zero attached hydrogens (tertiary/aromatic N) is 3. The molecule has 0 bridgehead atoms. The average molecular weight is 537 g/mol. The number of benzene rings is 1. The Hall–Kier alpha value is -0.610. The lowest BCUT2D eigenvalue weighted by Gasteiger charge is -2.34. The van der Waals surface area contributed by atoms with Crippen molar-refractivity contribution in [3.63, 3.8) is 0 Å². The van der Waals surface area contributed by atoms with Crippen molar-refractivity contribution < 1.29 is 9.47 Å². The highest BCUT2D eigenvalue weighted by molar-refractivity contribution is 14.0. The zero-order chi connectivity index (χ0) is 19.8. The molecular weight excluding hydrogens is 503 g/mol. The molecule has 0 amide bonds. The van der Waals surface area contributed by atoms with Crippen LogP contribution in [0.15, 0.2) is 29.3 Å². The number of ether oxygens (including phenoxy) is 2. The van der Waals surface area contributed by atoms with Gasteiger partial charge in [-0.15, -0.1) is 24.0 Å². The van der Waals surface area contributed by atoms with E-state index >= 15 is 0 Å². The van der Waals surface area contributed by atoms with Crippen LogP contribution in [0.2, 0.25) is 5.02 Å². The normalized spacial score (nSPS) is 21.7. The van der Waals surface area contributed by atoms with Crippen LogP contribution in [0, 0.1) is 5.92 Å². The van der Waals surface area contributed by atoms with E-state index in [2.05, 4.69) is 34.2 Å². The topological polar surface area (TPSA) is 49.3 Å². The summed E-state index contributed by atoms with van der Waals surface area (Å²) in [6, 6.07) is 8.28. The molecule has 0 saturated carbocycles. The second-order valence-corrected chi connectivity index (χ2v) is 7.84. The van der Waals surface area contributed by atoms with Gasteiger partial charge in [-0.3, -0.25) is 9.89 Å². The van der Waals surface area contributed by atoms with Gasteiger partial charge in [0.2, 0.25) is 0 Å². The van der Waals surface area contributed by atoms with Crippen molar-refractivity contribution in [3.05, 3.63) is 34.9 Å². The summed E-state index contributed by atoms with van der Waals surface area (Å²) < 4.78 is 10.9. The molecule has 0 aromatic heterocycles. The van der Waals surface area contributed by atoms with E-state index in [0.717, 1.165) is 75.5 Å². The maximum absolute atomic E-state index is 6.55. The van der Waals surface area contributed by atoms with Crippen LogP contribution >= 0.6 is 35.6 Å². The molecule has 8 heteroatoms. The number of aliphatic imine (C=N–C) groups is 1. The Bertz CT molecular complexity index is 643. The first kappa shape index (κ1) is 24.7. The highest BCUT2D eigenvalue weighted by Crippen LogP contribution is 2.29. The van der Waals surface area contributed by atoms with Gasteiger partial charge in [0, 0.05) is 50.8 Å². The van der Waals surface area contributed by atoms with Crippen LogP contribution in [-0.4, -0.2) is 82.0 Å². The first-order valence-corrected chi connectivity index (χ1v) is 10.7. The van der Waals surface area contributed by atoms with Crippen molar-refractivity contribution in [1.29, 1.82) is 0 Å². The summed E-state index contributed by atoms with van der Waals surface area (Å²) in [5, 5.41) is 4.28. The predicted octanol–water partition coefficient (Wildman–Crippen LogP) is 3.27. The summed E-state index contributed by atoms with van der Waals surface area (Å²) in [6.07, 6.45) is 1.15. The van der Waals surface area contributed by atoms with Crippen molar-refractivity contribution in [1.82, 2.24) is 15.1 Å². The minimum Gasteiger partial charge on any atom is -0.384 e. The molecule has 1 aromatic rings. The van der Waals surface area contributed by atoms with Crippen LogP contribution in [0.25, 0.3) is 0 Å². The van der Waals surface area contributed by atoms with Gasteiger partial charge in [-0.1, -0.05) is 29.8 Å². The molecule has 164 valence electrons. The molecule has 29 heavy (non-hydrogen) atoms. The van der Waals surface area contributed by atoms with Gasteiger partial charge in [-0.05, 0) is 25.0 Å². The molecule has 0 aliphatic carbocycles. The summed E-state index contributed by atoms with van der Waals surface area (Å²) in [7, 11) is 1.78. The molecule has 3 rings (SSSR count). The molecular formula is C21H34ClIN4O2. The molecule has 0 radical (unpaired) electrons. The Morgan fingerprint density at radius 2 is 2.07 bits per heavy atom. The fourth-order valence-corrected chi connectivity index (χ4v) is 4.30. The molecule has 2 aliphatic rings. The quantitative estimate of drug-likeness (QED) is 0.329. The Morgan fingerprint density at radius 3 is 2.76 bits per heavy atom. The molecule has 2 saturated heterocycles. The number of likely N-dealkylation sites (tertiary alicyclic amines) is 1. The maximum Gasteiger partial charge on any atom is 0.193 e. The summed E-state index contributed by atoms with van der Waals surface area (Å²) >= 11 is 6.55. The van der Waals surface area contributed by atoms with Crippen LogP contribution in [0.4, 0.5) is 0 Å². The number of nitrogens with one attached hydrogen (secondary N) is 1. The van der Waals surface area contributed by atoms with Crippen molar-refractivity contribution in [3.8, 4) is 0 Å². The number of hydrogen-bond acceptors (Lipinski definition) is 4. The number of guanidine groups is 1. The smallest absolute Gasteiger partial charge is 0.193 e. The summed E-state index contributed by atoms with van der Waals surface area (Å²) in [5.74, 6) is 1.57. The lowest BCUT2D eigenvalue weighted by molar-refractivity contribution is 0.0179. The van der Waals surface area contributed by atoms with E-state index in [9.17, 15) is 0 Å². The maximum atomic E-state index is 6.55. The zero-order valence-electron chi connectivity index (χ0n) is 17.5. The molecule has 1 aromatic carbocycles. The van der Waals surface area contributed by atoms with Crippen LogP contribution in [-0.2, 0) is 9.47 Å². The fourth-order valence-electron chi connectivity index (χ4n) is 4.04. The molecule has 0 spiro atoms. The lowest BCUT2D eigenvalue weighted by atomic mass is 10.0. The van der Waals surface area contributed by atoms with Crippen LogP contribution in [0.3, 0.4) is 0 Å². The van der Waals surface area contributed by atoms with E-state index < -0.39 is 0 Å². The van der Waals surface area contributed by atoms with Crippen LogP contribution in [0.1, 0.15) is 24.9 Å². The number of hydrogen-bond donors (Lipinski definition) is 1. The Labute approximate surface area is 197 Å². The van der Waals surface area contributed by atoms with Crippen LogP contribution in [0.5, 0.6) is 0 Å². The third-order valence-electron chi connectivity index (χ3n) is 5.49. The van der Waals surface area contributed by atoms with Gasteiger partial charge in [-0.25, -0.2) is 0 Å². The van der Waals surface area contributed by atoms with E-state index in [0.29, 0.717) is 12.5 Å². The van der Waals surface area contributed by atoms with Crippen molar-refractivity contribution >= 4 is 41.5 Å². The highest BCUT2D eigenvalue weighted by atomic mass is 127. The Kier molecular flexibility index (Phi) is 11.0. The second kappa shape index (κ2) is 12.9. The first-order valence-electron chi connectivity index (χ1n) is 10.3. The van der Waals surface area contributed by atoms with Crippen molar-refractivity contribution in [2.24, 2.45) is 10.9 Å². The number of morpholine rings is 1. The van der Waals surface area contributed by atoms with Gasteiger partial charge in [0.25, 0.3) is 0 Å². The zero-order valence-corrected chi connectivity index (χ0v) is 20.6. The molecule has 2 unspecified atom stereocenters. The highest BCUT2D eigenvalue weighted by Gasteiger charge is 2.27. The third kappa shape index (κ3) is 6.95. The van der Waals surface area contributed by atoms with E-state index in [1.165, 1.54) is 0 Å². The summed E-state index contributed by atoms with van der Waals surface area (Å²) in [5.41, 5.74) is 1.14. The predicted molar refractivity (Wildman–Crippen MR) is 130 cm³/mol. The molecule has 2 atom stereocenters. The van der Waals surface area contributed by atoms with Gasteiger partial charge in [0.15, 0.2) is 5.96 Å². The van der Waals surface area contributed by atoms with Crippen LogP contribution < -0.4 is 5.32 Å². The van der Waals surface area contributed by atoms with Crippen molar-refractivity contribution in [2.45, 2.75) is 19.4 Å². The molecule has 1 N–H and O–H groups in total. The minimum absolute atomic E-state index is 0. The van der Waals surface area contributed by atoms with Gasteiger partial charge in [0.05, 0.1) is 32.4 Å². The largest absolute Gasteiger partial charge is 0.384 e. The summed E-state index contributed by atoms with van der Waals surface area (Å²) in [6.45, 7) is 9.81. The number of halogens is 2. The van der Waals surface area contributed by atoms with Gasteiger partial charge in [0.1, 0.15) is 0 Å².